The summed E-state index contributed by atoms with van der Waals surface area (Å²) in [5.41, 5.74) is -1.36. The van der Waals surface area contributed by atoms with E-state index in [2.05, 4.69) is 0 Å². The Bertz CT molecular complexity index is 485. The van der Waals surface area contributed by atoms with Gasteiger partial charge in [0, 0.05) is 12.3 Å². The lowest BCUT2D eigenvalue weighted by Gasteiger charge is -2.25. The van der Waals surface area contributed by atoms with Crippen molar-refractivity contribution in [1.82, 2.24) is 0 Å². The van der Waals surface area contributed by atoms with Crippen LogP contribution in [0.2, 0.25) is 0 Å². The minimum Gasteiger partial charge on any atom is -0.466 e. The van der Waals surface area contributed by atoms with Gasteiger partial charge in [-0.2, -0.15) is 0 Å². The van der Waals surface area contributed by atoms with Crippen LogP contribution in [0.1, 0.15) is 52.9 Å². The predicted octanol–water partition coefficient (Wildman–Crippen LogP) is 1.81. The van der Waals surface area contributed by atoms with Crippen LogP contribution in [-0.2, 0) is 33.4 Å². The van der Waals surface area contributed by atoms with E-state index in [-0.39, 0.29) is 51.3 Å². The number of Topliss-reactive ketones (excluding diaryl/α,β-unsaturated/α-hetero) is 1. The van der Waals surface area contributed by atoms with E-state index in [1.807, 2.05) is 0 Å². The fraction of sp³-hybridized carbons (Fsp3) is 0.765. The number of ether oxygens (including phenoxy) is 3. The maximum Gasteiger partial charge on any atom is 0.319 e. The smallest absolute Gasteiger partial charge is 0.319 e. The molecular weight excluding hydrogens is 316 g/mol. The third kappa shape index (κ3) is 4.79. The molecule has 1 aliphatic rings. The summed E-state index contributed by atoms with van der Waals surface area (Å²) in [5.74, 6) is -2.44. The number of ketones is 1. The van der Waals surface area contributed by atoms with E-state index < -0.39 is 29.2 Å². The molecule has 7 heteroatoms. The van der Waals surface area contributed by atoms with E-state index in [0.717, 1.165) is 0 Å². The van der Waals surface area contributed by atoms with Gasteiger partial charge >= 0.3 is 17.9 Å². The summed E-state index contributed by atoms with van der Waals surface area (Å²) < 4.78 is 14.8. The monoisotopic (exact) mass is 342 g/mol. The van der Waals surface area contributed by atoms with E-state index in [9.17, 15) is 19.2 Å². The maximum absolute atomic E-state index is 12.8. The second-order valence-electron chi connectivity index (χ2n) is 5.72. The SMILES string of the molecule is CCOC(=O)CCC1(C(=O)OCC)CCC(CC(=O)OCC)C1=O. The maximum atomic E-state index is 12.8. The average molecular weight is 342 g/mol. The van der Waals surface area contributed by atoms with E-state index >= 15 is 0 Å². The first kappa shape index (κ1) is 20.1. The molecule has 0 aliphatic heterocycles. The highest BCUT2D eigenvalue weighted by Gasteiger charge is 2.54. The topological polar surface area (TPSA) is 96.0 Å². The van der Waals surface area contributed by atoms with E-state index in [0.29, 0.717) is 6.42 Å². The zero-order valence-electron chi connectivity index (χ0n) is 14.6. The number of hydrogen-bond acceptors (Lipinski definition) is 7. The molecule has 1 saturated carbocycles. The van der Waals surface area contributed by atoms with Crippen molar-refractivity contribution in [3.8, 4) is 0 Å². The quantitative estimate of drug-likeness (QED) is 0.358. The van der Waals surface area contributed by atoms with Gasteiger partial charge in [0.05, 0.1) is 26.2 Å². The summed E-state index contributed by atoms with van der Waals surface area (Å²) in [4.78, 5) is 48.4. The van der Waals surface area contributed by atoms with Crippen LogP contribution in [-0.4, -0.2) is 43.5 Å². The van der Waals surface area contributed by atoms with Crippen molar-refractivity contribution in [2.45, 2.75) is 52.9 Å². The molecule has 0 aromatic rings. The van der Waals surface area contributed by atoms with Gasteiger partial charge in [0.25, 0.3) is 0 Å². The van der Waals surface area contributed by atoms with Crippen LogP contribution in [0.3, 0.4) is 0 Å². The highest BCUT2D eigenvalue weighted by Crippen LogP contribution is 2.44. The van der Waals surface area contributed by atoms with E-state index in [1.165, 1.54) is 0 Å². The van der Waals surface area contributed by atoms with Gasteiger partial charge in [0.15, 0.2) is 5.78 Å². The van der Waals surface area contributed by atoms with Gasteiger partial charge < -0.3 is 14.2 Å². The van der Waals surface area contributed by atoms with E-state index in [1.54, 1.807) is 20.8 Å². The fourth-order valence-corrected chi connectivity index (χ4v) is 3.05. The van der Waals surface area contributed by atoms with Gasteiger partial charge in [-0.25, -0.2) is 0 Å². The standard InChI is InChI=1S/C17H26O7/c1-4-22-13(18)8-10-17(16(21)24-6-3)9-7-12(15(17)20)11-14(19)23-5-2/h12H,4-11H2,1-3H3. The van der Waals surface area contributed by atoms with Gasteiger partial charge in [0.2, 0.25) is 0 Å². The predicted molar refractivity (Wildman–Crippen MR) is 83.9 cm³/mol. The Morgan fingerprint density at radius 2 is 1.58 bits per heavy atom. The Labute approximate surface area is 142 Å². The summed E-state index contributed by atoms with van der Waals surface area (Å²) in [6.07, 6.45) is 0.633. The van der Waals surface area contributed by atoms with Crippen LogP contribution in [0.25, 0.3) is 0 Å². The summed E-state index contributed by atoms with van der Waals surface area (Å²) in [6.45, 7) is 5.67. The molecule has 136 valence electrons. The molecule has 0 aromatic heterocycles. The molecule has 0 saturated heterocycles. The molecule has 1 rings (SSSR count). The minimum atomic E-state index is -1.36. The lowest BCUT2D eigenvalue weighted by atomic mass is 9.79. The average Bonchev–Trinajstić information content (AvgIpc) is 2.84. The van der Waals surface area contributed by atoms with Crippen molar-refractivity contribution < 1.29 is 33.4 Å². The van der Waals surface area contributed by atoms with Crippen LogP contribution in [0, 0.1) is 11.3 Å². The summed E-state index contributed by atoms with van der Waals surface area (Å²) in [6, 6.07) is 0. The van der Waals surface area contributed by atoms with Gasteiger partial charge in [-0.3, -0.25) is 19.2 Å². The van der Waals surface area contributed by atoms with Crippen LogP contribution in [0.15, 0.2) is 0 Å². The fourth-order valence-electron chi connectivity index (χ4n) is 3.05. The normalized spacial score (nSPS) is 23.0. The molecule has 0 heterocycles. The van der Waals surface area contributed by atoms with Crippen molar-refractivity contribution in [1.29, 1.82) is 0 Å². The van der Waals surface area contributed by atoms with Crippen LogP contribution in [0.5, 0.6) is 0 Å². The molecule has 1 fully saturated rings. The third-order valence-corrected chi connectivity index (χ3v) is 4.21. The molecule has 0 amide bonds. The van der Waals surface area contributed by atoms with Crippen molar-refractivity contribution in [3.05, 3.63) is 0 Å². The molecule has 1 aliphatic carbocycles. The molecule has 0 bridgehead atoms. The van der Waals surface area contributed by atoms with E-state index in [4.69, 9.17) is 14.2 Å². The van der Waals surface area contributed by atoms with Crippen molar-refractivity contribution in [3.63, 3.8) is 0 Å². The Kier molecular flexibility index (Phi) is 7.88. The highest BCUT2D eigenvalue weighted by molar-refractivity contribution is 6.07. The third-order valence-electron chi connectivity index (χ3n) is 4.21. The van der Waals surface area contributed by atoms with Crippen molar-refractivity contribution in [2.24, 2.45) is 11.3 Å². The zero-order chi connectivity index (χ0) is 18.2. The molecule has 24 heavy (non-hydrogen) atoms. The number of carbonyl (C=O) groups is 4. The lowest BCUT2D eigenvalue weighted by Crippen LogP contribution is -2.39. The number of carbonyl (C=O) groups excluding carboxylic acids is 4. The lowest BCUT2D eigenvalue weighted by molar-refractivity contribution is -0.161. The van der Waals surface area contributed by atoms with Gasteiger partial charge in [-0.05, 0) is 40.0 Å². The molecule has 0 radical (unpaired) electrons. The van der Waals surface area contributed by atoms with Crippen LogP contribution >= 0.6 is 0 Å². The molecule has 0 spiro atoms. The van der Waals surface area contributed by atoms with Gasteiger partial charge in [-0.15, -0.1) is 0 Å². The van der Waals surface area contributed by atoms with Crippen molar-refractivity contribution in [2.75, 3.05) is 19.8 Å². The van der Waals surface area contributed by atoms with Crippen LogP contribution in [0.4, 0.5) is 0 Å². The first-order valence-corrected chi connectivity index (χ1v) is 8.44. The molecule has 0 N–H and O–H groups in total. The number of hydrogen-bond donors (Lipinski definition) is 0. The molecule has 0 aromatic carbocycles. The zero-order valence-corrected chi connectivity index (χ0v) is 14.6. The minimum absolute atomic E-state index is 0.0372. The Morgan fingerprint density at radius 1 is 1.00 bits per heavy atom. The van der Waals surface area contributed by atoms with Crippen molar-refractivity contribution >= 4 is 23.7 Å². The first-order chi connectivity index (χ1) is 11.4. The largest absolute Gasteiger partial charge is 0.466 e. The second-order valence-corrected chi connectivity index (χ2v) is 5.72. The summed E-state index contributed by atoms with van der Waals surface area (Å²) in [5, 5.41) is 0. The first-order valence-electron chi connectivity index (χ1n) is 8.44. The summed E-state index contributed by atoms with van der Waals surface area (Å²) >= 11 is 0. The van der Waals surface area contributed by atoms with Gasteiger partial charge in [-0.1, -0.05) is 0 Å². The Hall–Kier alpha value is -1.92. The molecule has 2 atom stereocenters. The van der Waals surface area contributed by atoms with Gasteiger partial charge in [0.1, 0.15) is 5.41 Å². The summed E-state index contributed by atoms with van der Waals surface area (Å²) in [7, 11) is 0. The van der Waals surface area contributed by atoms with Crippen LogP contribution < -0.4 is 0 Å². The molecular formula is C17H26O7. The molecule has 2 unspecified atom stereocenters. The molecule has 7 nitrogen and oxygen atoms in total. The highest BCUT2D eigenvalue weighted by atomic mass is 16.5. The Balaban J connectivity index is 2.86. The second kappa shape index (κ2) is 9.39. The number of esters is 3. The number of rotatable bonds is 9. The Morgan fingerprint density at radius 3 is 2.17 bits per heavy atom.